The second kappa shape index (κ2) is 22.7. The third-order valence-corrected chi connectivity index (χ3v) is 9.48. The molecule has 0 fully saturated rings. The molecular weight excluding hydrogens is 604 g/mol. The summed E-state index contributed by atoms with van der Waals surface area (Å²) < 4.78 is 14.0. The van der Waals surface area contributed by atoms with Gasteiger partial charge < -0.3 is 9.47 Å². The number of aromatic nitrogens is 4. The van der Waals surface area contributed by atoms with Crippen LogP contribution < -0.4 is 0 Å². The lowest BCUT2D eigenvalue weighted by atomic mass is 9.92. The Morgan fingerprint density at radius 2 is 1.06 bits per heavy atom. The molecule has 47 heavy (non-hydrogen) atoms. The number of unbranched alkanes of at least 4 members (excludes halogenated alkanes) is 18. The summed E-state index contributed by atoms with van der Waals surface area (Å²) in [5, 5.41) is 8.75. The molecule has 3 aromatic rings. The average molecular weight is 671 g/mol. The van der Waals surface area contributed by atoms with Crippen molar-refractivity contribution in [2.75, 3.05) is 13.2 Å². The molecule has 0 aliphatic rings. The van der Waals surface area contributed by atoms with E-state index in [1.165, 1.54) is 116 Å². The van der Waals surface area contributed by atoms with Crippen LogP contribution in [0.5, 0.6) is 0 Å². The minimum Gasteiger partial charge on any atom is -0.377 e. The summed E-state index contributed by atoms with van der Waals surface area (Å²) in [4.78, 5) is 4.84. The van der Waals surface area contributed by atoms with Gasteiger partial charge in [0, 0.05) is 24.2 Å². The third kappa shape index (κ3) is 15.0. The van der Waals surface area contributed by atoms with Crippen LogP contribution in [0.4, 0.5) is 0 Å². The normalized spacial score (nSPS) is 12.1. The molecule has 2 heterocycles. The first-order chi connectivity index (χ1) is 22.8. The molecule has 0 bridgehead atoms. The van der Waals surface area contributed by atoms with Gasteiger partial charge in [-0.2, -0.15) is 4.63 Å². The maximum Gasteiger partial charge on any atom is 0.194 e. The van der Waals surface area contributed by atoms with E-state index < -0.39 is 0 Å². The Morgan fingerprint density at radius 3 is 1.47 bits per heavy atom. The number of nitrogens with zero attached hydrogens (tertiary/aromatic N) is 3. The Kier molecular flexibility index (Phi) is 19.1. The third-order valence-electron chi connectivity index (χ3n) is 9.12. The number of hydrogen-bond donors (Lipinski definition) is 1. The van der Waals surface area contributed by atoms with Crippen LogP contribution in [0.15, 0.2) is 18.2 Å². The van der Waals surface area contributed by atoms with Gasteiger partial charge in [-0.1, -0.05) is 168 Å². The summed E-state index contributed by atoms with van der Waals surface area (Å²) >= 11 is 6.74. The summed E-state index contributed by atoms with van der Waals surface area (Å²) in [7, 11) is 0. The zero-order chi connectivity index (χ0) is 33.7. The summed E-state index contributed by atoms with van der Waals surface area (Å²) in [6, 6.07) is 6.52. The van der Waals surface area contributed by atoms with Crippen molar-refractivity contribution in [2.24, 2.45) is 0 Å². The number of nitrogens with one attached hydrogen (secondary N) is 1. The van der Waals surface area contributed by atoms with Crippen LogP contribution in [0, 0.1) is 0 Å². The second-order valence-electron chi connectivity index (χ2n) is 14.7. The van der Waals surface area contributed by atoms with E-state index in [1.54, 1.807) is 4.63 Å². The molecule has 0 unspecified atom stereocenters. The zero-order valence-electron chi connectivity index (χ0n) is 30.7. The lowest BCUT2D eigenvalue weighted by Crippen LogP contribution is -2.13. The highest BCUT2D eigenvalue weighted by Gasteiger charge is 2.24. The molecule has 0 atom stereocenters. The predicted molar refractivity (Wildman–Crippen MR) is 199 cm³/mol. The van der Waals surface area contributed by atoms with Crippen molar-refractivity contribution in [1.29, 1.82) is 0 Å². The van der Waals surface area contributed by atoms with E-state index in [0.29, 0.717) is 29.7 Å². The number of fused-ring (bicyclic) bond motifs is 1. The quantitative estimate of drug-likeness (QED) is 0.0820. The molecule has 0 aliphatic carbocycles. The Bertz CT molecular complexity index is 1200. The largest absolute Gasteiger partial charge is 0.377 e. The maximum atomic E-state index is 6.74. The van der Waals surface area contributed by atoms with Crippen molar-refractivity contribution in [2.45, 2.75) is 182 Å². The molecule has 2 aromatic heterocycles. The molecule has 1 aromatic carbocycles. The van der Waals surface area contributed by atoms with Gasteiger partial charge in [0.25, 0.3) is 0 Å². The number of ether oxygens (including phenoxy) is 2. The fourth-order valence-corrected chi connectivity index (χ4v) is 6.69. The molecule has 0 spiro atoms. The molecule has 266 valence electrons. The Hall–Kier alpha value is -1.89. The highest BCUT2D eigenvalue weighted by atomic mass is 35.5. The van der Waals surface area contributed by atoms with Crippen LogP contribution in [0.2, 0.25) is 5.02 Å². The fourth-order valence-electron chi connectivity index (χ4n) is 6.24. The van der Waals surface area contributed by atoms with E-state index in [2.05, 4.69) is 57.9 Å². The summed E-state index contributed by atoms with van der Waals surface area (Å²) in [6.07, 6.45) is 26.6. The molecule has 0 amide bonds. The van der Waals surface area contributed by atoms with Crippen LogP contribution in [0.25, 0.3) is 17.0 Å². The van der Waals surface area contributed by atoms with Crippen molar-refractivity contribution in [3.63, 3.8) is 0 Å². The molecule has 0 aliphatic heterocycles. The van der Waals surface area contributed by atoms with Crippen LogP contribution >= 0.6 is 11.6 Å². The van der Waals surface area contributed by atoms with Crippen molar-refractivity contribution in [3.8, 4) is 11.4 Å². The summed E-state index contributed by atoms with van der Waals surface area (Å²) in [5.41, 5.74) is 4.71. The smallest absolute Gasteiger partial charge is 0.194 e. The van der Waals surface area contributed by atoms with Gasteiger partial charge in [0.15, 0.2) is 11.5 Å². The van der Waals surface area contributed by atoms with Gasteiger partial charge in [0.2, 0.25) is 0 Å². The minimum absolute atomic E-state index is 0.121. The Balaban J connectivity index is 1.49. The first kappa shape index (κ1) is 39.5. The van der Waals surface area contributed by atoms with E-state index in [0.717, 1.165) is 48.4 Å². The minimum atomic E-state index is -0.121. The van der Waals surface area contributed by atoms with Gasteiger partial charge in [0.05, 0.1) is 18.9 Å². The van der Waals surface area contributed by atoms with Gasteiger partial charge in [0.1, 0.15) is 5.02 Å². The van der Waals surface area contributed by atoms with Crippen LogP contribution in [0.3, 0.4) is 0 Å². The maximum absolute atomic E-state index is 6.74. The first-order valence-corrected chi connectivity index (χ1v) is 19.6. The van der Waals surface area contributed by atoms with E-state index in [-0.39, 0.29) is 5.41 Å². The van der Waals surface area contributed by atoms with E-state index in [1.807, 2.05) is 0 Å². The van der Waals surface area contributed by atoms with Crippen molar-refractivity contribution in [3.05, 3.63) is 40.0 Å². The lowest BCUT2D eigenvalue weighted by Gasteiger charge is -2.16. The van der Waals surface area contributed by atoms with E-state index in [4.69, 9.17) is 31.2 Å². The van der Waals surface area contributed by atoms with E-state index in [9.17, 15) is 0 Å². The molecule has 0 saturated heterocycles. The van der Waals surface area contributed by atoms with Crippen molar-refractivity contribution < 1.29 is 9.47 Å². The zero-order valence-corrected chi connectivity index (χ0v) is 31.5. The number of halogens is 1. The number of rotatable bonds is 27. The summed E-state index contributed by atoms with van der Waals surface area (Å²) in [5.74, 6) is 0.658. The molecule has 0 radical (unpaired) electrons. The Labute approximate surface area is 292 Å². The number of benzene rings is 1. The van der Waals surface area contributed by atoms with Crippen LogP contribution in [-0.2, 0) is 28.1 Å². The van der Waals surface area contributed by atoms with Gasteiger partial charge in [-0.15, -0.1) is 5.10 Å². The SMILES string of the molecule is CCCCCCCCCCCCOCc1cc(COCCCCCCCCCCCC)cc(-c2nc3c(Cl)c(C(C)(C)C)[nH]n3n2)c1. The van der Waals surface area contributed by atoms with Crippen molar-refractivity contribution in [1.82, 2.24) is 19.8 Å². The predicted octanol–water partition coefficient (Wildman–Crippen LogP) is 12.6. The topological polar surface area (TPSA) is 64.4 Å². The molecular formula is C40H67ClN4O2. The first-order valence-electron chi connectivity index (χ1n) is 19.3. The fraction of sp³-hybridized carbons (Fsp3) is 0.750. The number of H-pyrrole nitrogens is 1. The van der Waals surface area contributed by atoms with Crippen LogP contribution in [0.1, 0.15) is 180 Å². The van der Waals surface area contributed by atoms with Gasteiger partial charge in [-0.25, -0.2) is 4.98 Å². The molecule has 3 rings (SSSR count). The van der Waals surface area contributed by atoms with E-state index >= 15 is 0 Å². The average Bonchev–Trinajstić information content (AvgIpc) is 3.61. The second-order valence-corrected chi connectivity index (χ2v) is 15.1. The summed E-state index contributed by atoms with van der Waals surface area (Å²) in [6.45, 7) is 13.7. The molecule has 6 nitrogen and oxygen atoms in total. The molecule has 7 heteroatoms. The number of aromatic amines is 1. The molecule has 0 saturated carbocycles. The number of hydrogen-bond acceptors (Lipinski definition) is 4. The van der Waals surface area contributed by atoms with Crippen LogP contribution in [-0.4, -0.2) is 33.0 Å². The van der Waals surface area contributed by atoms with Gasteiger partial charge >= 0.3 is 0 Å². The highest BCUT2D eigenvalue weighted by Crippen LogP contribution is 2.32. The van der Waals surface area contributed by atoms with Gasteiger partial charge in [-0.3, -0.25) is 5.10 Å². The molecule has 1 N–H and O–H groups in total. The standard InChI is InChI=1S/C40H67ClN4O2/c1-6-8-10-12-14-16-18-20-22-24-26-46-31-33-28-34(32-47-27-25-23-21-19-17-15-13-11-9-7-2)30-35(29-33)38-42-39-36(41)37(40(3,4)5)43-45(39)44-38/h28-30,43H,6-27,31-32H2,1-5H3. The van der Waals surface area contributed by atoms with Gasteiger partial charge in [-0.05, 0) is 36.1 Å². The van der Waals surface area contributed by atoms with Crippen molar-refractivity contribution >= 4 is 17.2 Å². The highest BCUT2D eigenvalue weighted by molar-refractivity contribution is 6.34. The Morgan fingerprint density at radius 1 is 0.638 bits per heavy atom. The lowest BCUT2D eigenvalue weighted by molar-refractivity contribution is 0.113. The monoisotopic (exact) mass is 670 g/mol.